The molecule has 1 aliphatic rings. The van der Waals surface area contributed by atoms with Crippen molar-refractivity contribution in [3.8, 4) is 11.5 Å². The molecule has 0 bridgehead atoms. The first-order valence-corrected chi connectivity index (χ1v) is 6.93. The summed E-state index contributed by atoms with van der Waals surface area (Å²) in [7, 11) is 2.14. The molecule has 1 aromatic rings. The van der Waals surface area contributed by atoms with E-state index in [2.05, 4.69) is 43.2 Å². The first-order chi connectivity index (χ1) is 9.15. The van der Waals surface area contributed by atoms with E-state index in [1.165, 1.54) is 5.56 Å². The van der Waals surface area contributed by atoms with E-state index < -0.39 is 0 Å². The topological polar surface area (TPSA) is 33.7 Å². The number of hydrogen-bond donors (Lipinski definition) is 1. The lowest BCUT2D eigenvalue weighted by Crippen LogP contribution is -2.30. The zero-order valence-corrected chi connectivity index (χ0v) is 12.1. The predicted octanol–water partition coefficient (Wildman–Crippen LogP) is 2.09. The molecular weight excluding hydrogens is 240 g/mol. The first kappa shape index (κ1) is 14.2. The fourth-order valence-corrected chi connectivity index (χ4v) is 2.09. The van der Waals surface area contributed by atoms with Crippen molar-refractivity contribution in [3.05, 3.63) is 23.8 Å². The van der Waals surface area contributed by atoms with Crippen molar-refractivity contribution < 1.29 is 9.47 Å². The molecule has 4 heteroatoms. The molecule has 19 heavy (non-hydrogen) atoms. The van der Waals surface area contributed by atoms with Crippen molar-refractivity contribution in [2.45, 2.75) is 20.4 Å². The second-order valence-corrected chi connectivity index (χ2v) is 5.52. The summed E-state index contributed by atoms with van der Waals surface area (Å²) in [5.74, 6) is 2.42. The average Bonchev–Trinajstić information content (AvgIpc) is 2.82. The van der Waals surface area contributed by atoms with E-state index in [1.807, 2.05) is 6.07 Å². The predicted molar refractivity (Wildman–Crippen MR) is 76.6 cm³/mol. The molecule has 106 valence electrons. The Kier molecular flexibility index (Phi) is 5.05. The molecular formula is C15H24N2O2. The molecule has 2 rings (SSSR count). The van der Waals surface area contributed by atoms with Gasteiger partial charge in [0.1, 0.15) is 0 Å². The quantitative estimate of drug-likeness (QED) is 0.765. The monoisotopic (exact) mass is 264 g/mol. The highest BCUT2D eigenvalue weighted by atomic mass is 16.7. The lowest BCUT2D eigenvalue weighted by molar-refractivity contribution is 0.174. The van der Waals surface area contributed by atoms with Crippen LogP contribution in [-0.2, 0) is 6.54 Å². The molecule has 0 aromatic heterocycles. The Balaban J connectivity index is 1.74. The SMILES string of the molecule is CC(C)CNCCN(C)Cc1ccc2c(c1)OCO2. The van der Waals surface area contributed by atoms with Crippen LogP contribution in [-0.4, -0.2) is 38.4 Å². The summed E-state index contributed by atoms with van der Waals surface area (Å²) < 4.78 is 10.7. The molecule has 1 heterocycles. The number of ether oxygens (including phenoxy) is 2. The summed E-state index contributed by atoms with van der Waals surface area (Å²) in [5.41, 5.74) is 1.26. The molecule has 0 saturated heterocycles. The van der Waals surface area contributed by atoms with Gasteiger partial charge in [0.2, 0.25) is 6.79 Å². The van der Waals surface area contributed by atoms with Crippen LogP contribution in [0.15, 0.2) is 18.2 Å². The Hall–Kier alpha value is -1.26. The van der Waals surface area contributed by atoms with E-state index in [0.717, 1.165) is 37.7 Å². The minimum Gasteiger partial charge on any atom is -0.454 e. The van der Waals surface area contributed by atoms with Crippen LogP contribution in [0.1, 0.15) is 19.4 Å². The van der Waals surface area contributed by atoms with Crippen molar-refractivity contribution >= 4 is 0 Å². The number of hydrogen-bond acceptors (Lipinski definition) is 4. The van der Waals surface area contributed by atoms with Gasteiger partial charge in [-0.2, -0.15) is 0 Å². The van der Waals surface area contributed by atoms with E-state index in [9.17, 15) is 0 Å². The fourth-order valence-electron chi connectivity index (χ4n) is 2.09. The summed E-state index contributed by atoms with van der Waals surface area (Å²) >= 11 is 0. The molecule has 0 spiro atoms. The van der Waals surface area contributed by atoms with E-state index in [-0.39, 0.29) is 0 Å². The zero-order chi connectivity index (χ0) is 13.7. The van der Waals surface area contributed by atoms with Gasteiger partial charge in [0, 0.05) is 19.6 Å². The van der Waals surface area contributed by atoms with E-state index in [4.69, 9.17) is 9.47 Å². The van der Waals surface area contributed by atoms with Crippen LogP contribution in [0.25, 0.3) is 0 Å². The maximum Gasteiger partial charge on any atom is 0.231 e. The van der Waals surface area contributed by atoms with Gasteiger partial charge in [-0.25, -0.2) is 0 Å². The molecule has 4 nitrogen and oxygen atoms in total. The Morgan fingerprint density at radius 2 is 2.05 bits per heavy atom. The second-order valence-electron chi connectivity index (χ2n) is 5.52. The summed E-state index contributed by atoms with van der Waals surface area (Å²) in [6, 6.07) is 6.16. The Labute approximate surface area is 115 Å². The van der Waals surface area contributed by atoms with Crippen LogP contribution >= 0.6 is 0 Å². The summed E-state index contributed by atoms with van der Waals surface area (Å²) in [5, 5.41) is 3.46. The third-order valence-corrected chi connectivity index (χ3v) is 3.11. The number of likely N-dealkylation sites (N-methyl/N-ethyl adjacent to an activating group) is 1. The molecule has 1 aliphatic heterocycles. The van der Waals surface area contributed by atoms with Gasteiger partial charge in [-0.1, -0.05) is 19.9 Å². The highest BCUT2D eigenvalue weighted by Gasteiger charge is 2.13. The fraction of sp³-hybridized carbons (Fsp3) is 0.600. The van der Waals surface area contributed by atoms with Gasteiger partial charge in [0.25, 0.3) is 0 Å². The number of nitrogens with one attached hydrogen (secondary N) is 1. The number of nitrogens with zero attached hydrogens (tertiary/aromatic N) is 1. The van der Waals surface area contributed by atoms with Crippen LogP contribution in [0.5, 0.6) is 11.5 Å². The largest absolute Gasteiger partial charge is 0.454 e. The number of fused-ring (bicyclic) bond motifs is 1. The van der Waals surface area contributed by atoms with Crippen molar-refractivity contribution in [2.24, 2.45) is 5.92 Å². The van der Waals surface area contributed by atoms with Crippen LogP contribution in [0.4, 0.5) is 0 Å². The molecule has 0 unspecified atom stereocenters. The lowest BCUT2D eigenvalue weighted by Gasteiger charge is -2.17. The first-order valence-electron chi connectivity index (χ1n) is 6.93. The second kappa shape index (κ2) is 6.78. The van der Waals surface area contributed by atoms with Crippen LogP contribution in [0, 0.1) is 5.92 Å². The molecule has 0 radical (unpaired) electrons. The van der Waals surface area contributed by atoms with Gasteiger partial charge in [-0.3, -0.25) is 0 Å². The van der Waals surface area contributed by atoms with Crippen molar-refractivity contribution in [2.75, 3.05) is 33.5 Å². The average molecular weight is 264 g/mol. The minimum absolute atomic E-state index is 0.341. The molecule has 0 aliphatic carbocycles. The number of benzene rings is 1. The third-order valence-electron chi connectivity index (χ3n) is 3.11. The molecule has 0 saturated carbocycles. The molecule has 0 amide bonds. The Morgan fingerprint density at radius 1 is 1.26 bits per heavy atom. The summed E-state index contributed by atoms with van der Waals surface area (Å²) in [6.45, 7) is 8.87. The molecule has 1 aromatic carbocycles. The van der Waals surface area contributed by atoms with E-state index in [0.29, 0.717) is 12.7 Å². The van der Waals surface area contributed by atoms with E-state index in [1.54, 1.807) is 0 Å². The van der Waals surface area contributed by atoms with Crippen LogP contribution < -0.4 is 14.8 Å². The molecule has 0 atom stereocenters. The van der Waals surface area contributed by atoms with E-state index >= 15 is 0 Å². The standard InChI is InChI=1S/C15H24N2O2/c1-12(2)9-16-6-7-17(3)10-13-4-5-14-15(8-13)19-11-18-14/h4-5,8,12,16H,6-7,9-11H2,1-3H3. The smallest absolute Gasteiger partial charge is 0.231 e. The zero-order valence-electron chi connectivity index (χ0n) is 12.1. The van der Waals surface area contributed by atoms with Crippen LogP contribution in [0.3, 0.4) is 0 Å². The number of rotatable bonds is 7. The third kappa shape index (κ3) is 4.40. The van der Waals surface area contributed by atoms with Gasteiger partial charge in [0.05, 0.1) is 0 Å². The highest BCUT2D eigenvalue weighted by Crippen LogP contribution is 2.32. The van der Waals surface area contributed by atoms with Crippen LogP contribution in [0.2, 0.25) is 0 Å². The summed E-state index contributed by atoms with van der Waals surface area (Å²) in [6.07, 6.45) is 0. The Morgan fingerprint density at radius 3 is 2.84 bits per heavy atom. The van der Waals surface area contributed by atoms with Gasteiger partial charge in [-0.05, 0) is 37.2 Å². The normalized spacial score (nSPS) is 13.5. The van der Waals surface area contributed by atoms with Gasteiger partial charge >= 0.3 is 0 Å². The molecule has 1 N–H and O–H groups in total. The van der Waals surface area contributed by atoms with Gasteiger partial charge in [-0.15, -0.1) is 0 Å². The highest BCUT2D eigenvalue weighted by molar-refractivity contribution is 5.44. The van der Waals surface area contributed by atoms with Crippen molar-refractivity contribution in [1.29, 1.82) is 0 Å². The van der Waals surface area contributed by atoms with Gasteiger partial charge in [0.15, 0.2) is 11.5 Å². The maximum absolute atomic E-state index is 5.39. The minimum atomic E-state index is 0.341. The summed E-state index contributed by atoms with van der Waals surface area (Å²) in [4.78, 5) is 2.31. The van der Waals surface area contributed by atoms with Crippen molar-refractivity contribution in [1.82, 2.24) is 10.2 Å². The molecule has 0 fully saturated rings. The Bertz CT molecular complexity index is 407. The maximum atomic E-state index is 5.39. The lowest BCUT2D eigenvalue weighted by atomic mass is 10.2. The van der Waals surface area contributed by atoms with Gasteiger partial charge < -0.3 is 19.7 Å². The van der Waals surface area contributed by atoms with Crippen molar-refractivity contribution in [3.63, 3.8) is 0 Å².